The van der Waals surface area contributed by atoms with Crippen molar-refractivity contribution in [1.29, 1.82) is 5.41 Å². The molecule has 5 heteroatoms. The van der Waals surface area contributed by atoms with E-state index in [2.05, 4.69) is 11.9 Å². The molecule has 0 aromatic carbocycles. The summed E-state index contributed by atoms with van der Waals surface area (Å²) in [7, 11) is 0. The summed E-state index contributed by atoms with van der Waals surface area (Å²) in [6.45, 7) is 5.57. The Balaban J connectivity index is 2.05. The monoisotopic (exact) mass is 310 g/mol. The smallest absolute Gasteiger partial charge is 0.125 e. The molecule has 1 aromatic rings. The molecule has 118 valence electrons. The van der Waals surface area contributed by atoms with Crippen molar-refractivity contribution in [2.24, 2.45) is 5.92 Å². The lowest BCUT2D eigenvalue weighted by atomic mass is 9.76. The van der Waals surface area contributed by atoms with Crippen LogP contribution in [-0.2, 0) is 11.2 Å². The van der Waals surface area contributed by atoms with Gasteiger partial charge in [-0.05, 0) is 51.9 Å². The third kappa shape index (κ3) is 3.71. The highest BCUT2D eigenvalue weighted by Gasteiger charge is 2.38. The molecule has 0 radical (unpaired) electrons. The van der Waals surface area contributed by atoms with Crippen molar-refractivity contribution in [2.45, 2.75) is 70.5 Å². The molecule has 0 bridgehead atoms. The fourth-order valence-corrected chi connectivity index (χ4v) is 3.97. The van der Waals surface area contributed by atoms with Crippen molar-refractivity contribution in [3.8, 4) is 0 Å². The molecule has 1 aromatic heterocycles. The number of aliphatic hydroxyl groups is 2. The maximum Gasteiger partial charge on any atom is 0.125 e. The van der Waals surface area contributed by atoms with Gasteiger partial charge in [0.2, 0.25) is 0 Å². The summed E-state index contributed by atoms with van der Waals surface area (Å²) in [5.41, 5.74) is -0.958. The molecular weight excluding hydrogens is 284 g/mol. The third-order valence-corrected chi connectivity index (χ3v) is 5.84. The minimum absolute atomic E-state index is 0.318. The maximum absolute atomic E-state index is 10.8. The minimum Gasteiger partial charge on any atom is -0.385 e. The Morgan fingerprint density at radius 2 is 2.10 bits per heavy atom. The number of aromatic nitrogens is 1. The van der Waals surface area contributed by atoms with Crippen LogP contribution in [0.3, 0.4) is 0 Å². The molecule has 1 fully saturated rings. The predicted molar refractivity (Wildman–Crippen MR) is 85.8 cm³/mol. The van der Waals surface area contributed by atoms with E-state index in [4.69, 9.17) is 5.41 Å². The zero-order valence-electron chi connectivity index (χ0n) is 13.1. The first kappa shape index (κ1) is 16.6. The first-order valence-electron chi connectivity index (χ1n) is 7.75. The van der Waals surface area contributed by atoms with Gasteiger partial charge in [0.15, 0.2) is 0 Å². The zero-order valence-corrected chi connectivity index (χ0v) is 14.0. The van der Waals surface area contributed by atoms with Gasteiger partial charge >= 0.3 is 0 Å². The van der Waals surface area contributed by atoms with E-state index in [1.165, 1.54) is 11.3 Å². The van der Waals surface area contributed by atoms with Crippen LogP contribution in [0.1, 0.15) is 69.2 Å². The molecule has 0 saturated heterocycles. The average Bonchev–Trinajstić information content (AvgIpc) is 2.90. The highest BCUT2D eigenvalue weighted by atomic mass is 32.1. The molecule has 1 aliphatic carbocycles. The van der Waals surface area contributed by atoms with Gasteiger partial charge in [0, 0.05) is 11.9 Å². The summed E-state index contributed by atoms with van der Waals surface area (Å²) in [4.78, 5) is 5.12. The van der Waals surface area contributed by atoms with Gasteiger partial charge in [-0.1, -0.05) is 13.3 Å². The second-order valence-corrected chi connectivity index (χ2v) is 7.70. The Morgan fingerprint density at radius 3 is 2.57 bits per heavy atom. The molecule has 4 nitrogen and oxygen atoms in total. The lowest BCUT2D eigenvalue weighted by molar-refractivity contribution is -0.00733. The second-order valence-electron chi connectivity index (χ2n) is 6.67. The lowest BCUT2D eigenvalue weighted by Crippen LogP contribution is -2.33. The molecule has 1 aliphatic rings. The highest BCUT2D eigenvalue weighted by molar-refractivity contribution is 7.11. The van der Waals surface area contributed by atoms with Gasteiger partial charge in [-0.3, -0.25) is 0 Å². The molecule has 1 heterocycles. The Kier molecular flexibility index (Phi) is 4.85. The SMILES string of the molecule is CCCC(=N)C1CCC(O)(c2ncc(C(C)(C)O)s2)CC1. The van der Waals surface area contributed by atoms with Crippen molar-refractivity contribution in [1.82, 2.24) is 4.98 Å². The molecule has 0 amide bonds. The molecule has 1 saturated carbocycles. The Bertz CT molecular complexity index is 497. The van der Waals surface area contributed by atoms with Crippen molar-refractivity contribution in [3.05, 3.63) is 16.1 Å². The van der Waals surface area contributed by atoms with Crippen LogP contribution in [0.5, 0.6) is 0 Å². The quantitative estimate of drug-likeness (QED) is 0.728. The number of hydrogen-bond acceptors (Lipinski definition) is 5. The van der Waals surface area contributed by atoms with Crippen molar-refractivity contribution >= 4 is 17.0 Å². The van der Waals surface area contributed by atoms with E-state index in [0.29, 0.717) is 23.8 Å². The van der Waals surface area contributed by atoms with Crippen LogP contribution >= 0.6 is 11.3 Å². The molecule has 0 atom stereocenters. The van der Waals surface area contributed by atoms with Gasteiger partial charge in [0.25, 0.3) is 0 Å². The number of hydrogen-bond donors (Lipinski definition) is 3. The predicted octanol–water partition coefficient (Wildman–Crippen LogP) is 3.57. The van der Waals surface area contributed by atoms with Crippen molar-refractivity contribution in [2.75, 3.05) is 0 Å². The van der Waals surface area contributed by atoms with Crippen LogP contribution in [0.15, 0.2) is 6.20 Å². The Hall–Kier alpha value is -0.780. The summed E-state index contributed by atoms with van der Waals surface area (Å²) in [6.07, 6.45) is 6.57. The summed E-state index contributed by atoms with van der Waals surface area (Å²) >= 11 is 1.40. The summed E-state index contributed by atoms with van der Waals surface area (Å²) < 4.78 is 0. The lowest BCUT2D eigenvalue weighted by Gasteiger charge is -2.34. The number of rotatable bonds is 5. The summed E-state index contributed by atoms with van der Waals surface area (Å²) in [5, 5.41) is 29.6. The maximum atomic E-state index is 10.8. The van der Waals surface area contributed by atoms with Gasteiger partial charge in [-0.25, -0.2) is 4.98 Å². The van der Waals surface area contributed by atoms with Gasteiger partial charge in [0.1, 0.15) is 10.6 Å². The van der Waals surface area contributed by atoms with Gasteiger partial charge < -0.3 is 15.6 Å². The Labute approximate surface area is 130 Å². The van der Waals surface area contributed by atoms with E-state index < -0.39 is 11.2 Å². The van der Waals surface area contributed by atoms with E-state index in [1.807, 2.05) is 0 Å². The molecule has 2 rings (SSSR count). The number of thiazole rings is 1. The van der Waals surface area contributed by atoms with E-state index in [0.717, 1.165) is 36.3 Å². The molecule has 0 spiro atoms. The molecule has 0 unspecified atom stereocenters. The Morgan fingerprint density at radius 1 is 1.48 bits per heavy atom. The van der Waals surface area contributed by atoms with Crippen LogP contribution in [0.2, 0.25) is 0 Å². The number of nitrogens with zero attached hydrogens (tertiary/aromatic N) is 1. The van der Waals surface area contributed by atoms with Crippen LogP contribution in [0.4, 0.5) is 0 Å². The van der Waals surface area contributed by atoms with E-state index in [1.54, 1.807) is 20.0 Å². The van der Waals surface area contributed by atoms with Gasteiger partial charge in [-0.2, -0.15) is 0 Å². The van der Waals surface area contributed by atoms with Crippen molar-refractivity contribution in [3.63, 3.8) is 0 Å². The minimum atomic E-state index is -0.910. The van der Waals surface area contributed by atoms with E-state index >= 15 is 0 Å². The van der Waals surface area contributed by atoms with Crippen molar-refractivity contribution < 1.29 is 10.2 Å². The zero-order chi connectivity index (χ0) is 15.7. The molecule has 21 heavy (non-hydrogen) atoms. The first-order valence-corrected chi connectivity index (χ1v) is 8.57. The summed E-state index contributed by atoms with van der Waals surface area (Å²) in [6, 6.07) is 0. The molecule has 3 N–H and O–H groups in total. The highest BCUT2D eigenvalue weighted by Crippen LogP contribution is 2.42. The standard InChI is InChI=1S/C16H26N2O2S/c1-4-5-12(17)11-6-8-16(20,9-7-11)14-18-10-13(21-14)15(2,3)19/h10-11,17,19-20H,4-9H2,1-3H3. The number of nitrogens with one attached hydrogen (secondary N) is 1. The fourth-order valence-electron chi connectivity index (χ4n) is 2.90. The first-order chi connectivity index (χ1) is 9.76. The second kappa shape index (κ2) is 6.15. The summed E-state index contributed by atoms with van der Waals surface area (Å²) in [5.74, 6) is 0.318. The largest absolute Gasteiger partial charge is 0.385 e. The molecular formula is C16H26N2O2S. The average molecular weight is 310 g/mol. The fraction of sp³-hybridized carbons (Fsp3) is 0.750. The molecule has 0 aliphatic heterocycles. The normalized spacial score (nSPS) is 26.8. The van der Waals surface area contributed by atoms with Crippen LogP contribution in [-0.4, -0.2) is 20.9 Å². The third-order valence-electron chi connectivity index (χ3n) is 4.33. The van der Waals surface area contributed by atoms with Gasteiger partial charge in [0.05, 0.1) is 10.5 Å². The van der Waals surface area contributed by atoms with E-state index in [9.17, 15) is 10.2 Å². The van der Waals surface area contributed by atoms with Gasteiger partial charge in [-0.15, -0.1) is 11.3 Å². The van der Waals surface area contributed by atoms with E-state index in [-0.39, 0.29) is 0 Å². The topological polar surface area (TPSA) is 77.2 Å². The van der Waals surface area contributed by atoms with Crippen LogP contribution < -0.4 is 0 Å². The van der Waals surface area contributed by atoms with Crippen LogP contribution in [0.25, 0.3) is 0 Å². The van der Waals surface area contributed by atoms with Crippen LogP contribution in [0, 0.1) is 11.3 Å².